The van der Waals surface area contributed by atoms with E-state index >= 15 is 9.59 Å². The molecule has 1 fully saturated rings. The predicted octanol–water partition coefficient (Wildman–Crippen LogP) is 3.37. The van der Waals surface area contributed by atoms with Crippen LogP contribution in [0.5, 0.6) is 0 Å². The van der Waals surface area contributed by atoms with Gasteiger partial charge in [0, 0.05) is 54.7 Å². The van der Waals surface area contributed by atoms with Crippen LogP contribution in [0.25, 0.3) is 0 Å². The van der Waals surface area contributed by atoms with E-state index in [1.165, 1.54) is 99.7 Å². The Morgan fingerprint density at radius 1 is 0.494 bits per heavy atom. The summed E-state index contributed by atoms with van der Waals surface area (Å²) < 4.78 is 5.96. The fourth-order valence-electron chi connectivity index (χ4n) is 11.2. The maximum absolute atomic E-state index is 15.2. The highest BCUT2D eigenvalue weighted by Crippen LogP contribution is 2.26. The largest absolute Gasteiger partial charge is 0.390 e. The van der Waals surface area contributed by atoms with Crippen molar-refractivity contribution in [2.24, 2.45) is 35.5 Å². The summed E-state index contributed by atoms with van der Waals surface area (Å²) in [5.74, 6) is -10.5. The lowest BCUT2D eigenvalue weighted by molar-refractivity contribution is -0.157. The smallest absolute Gasteiger partial charge is 0.246 e. The van der Waals surface area contributed by atoms with Crippen LogP contribution in [0.15, 0.2) is 37.5 Å². The van der Waals surface area contributed by atoms with Crippen molar-refractivity contribution < 1.29 is 62.6 Å². The molecule has 0 radical (unpaired) electrons. The summed E-state index contributed by atoms with van der Waals surface area (Å²) in [5.41, 5.74) is 0. The highest BCUT2D eigenvalue weighted by atomic mass is 16.5. The molecular weight excluding hydrogens is 1140 g/mol. The van der Waals surface area contributed by atoms with Gasteiger partial charge in [0.05, 0.1) is 18.8 Å². The number of allylic oxidation sites excluding steroid dienone is 1. The van der Waals surface area contributed by atoms with Crippen LogP contribution in [0, 0.1) is 35.5 Å². The zero-order chi connectivity index (χ0) is 69.0. The number of likely N-dealkylation sites (N-methyl/N-ethyl adjacent to an activating group) is 6. The molecule has 11 amide bonds. The van der Waals surface area contributed by atoms with E-state index in [-0.39, 0.29) is 56.6 Å². The average molecular weight is 1260 g/mol. The Labute approximate surface area is 531 Å². The van der Waals surface area contributed by atoms with Gasteiger partial charge < -0.3 is 65.4 Å². The summed E-state index contributed by atoms with van der Waals surface area (Å²) in [6, 6.07) is -14.4. The Morgan fingerprint density at radius 2 is 0.944 bits per heavy atom. The van der Waals surface area contributed by atoms with Crippen LogP contribution in [-0.2, 0) is 57.5 Å². The third-order valence-electron chi connectivity index (χ3n) is 16.6. The van der Waals surface area contributed by atoms with Crippen molar-refractivity contribution in [1.29, 1.82) is 0 Å². The molecule has 1 saturated heterocycles. The Bertz CT molecular complexity index is 2490. The number of aliphatic hydroxyl groups is 1. The summed E-state index contributed by atoms with van der Waals surface area (Å²) in [5, 5.41) is 23.0. The van der Waals surface area contributed by atoms with Crippen LogP contribution in [0.3, 0.4) is 0 Å². The number of aliphatic hydroxyl groups excluding tert-OH is 1. The number of rotatable bonds is 18. The van der Waals surface area contributed by atoms with Crippen molar-refractivity contribution >= 4 is 65.0 Å². The molecule has 0 aromatic heterocycles. The quantitative estimate of drug-likeness (QED) is 0.123. The average Bonchev–Trinajstić information content (AvgIpc) is 0.939. The van der Waals surface area contributed by atoms with Gasteiger partial charge in [-0.15, -0.1) is 13.2 Å². The van der Waals surface area contributed by atoms with Gasteiger partial charge in [-0.25, -0.2) is 0 Å². The van der Waals surface area contributed by atoms with Gasteiger partial charge in [0.25, 0.3) is 0 Å². The van der Waals surface area contributed by atoms with Crippen molar-refractivity contribution in [3.05, 3.63) is 37.5 Å². The van der Waals surface area contributed by atoms with Crippen molar-refractivity contribution in [3.63, 3.8) is 0 Å². The molecule has 5 N–H and O–H groups in total. The van der Waals surface area contributed by atoms with E-state index in [0.29, 0.717) is 0 Å². The molecule has 0 saturated carbocycles. The van der Waals surface area contributed by atoms with Crippen molar-refractivity contribution in [1.82, 2.24) is 55.6 Å². The molecule has 14 atom stereocenters. The van der Waals surface area contributed by atoms with Gasteiger partial charge in [0.1, 0.15) is 66.5 Å². The normalized spacial score (nSPS) is 27.3. The monoisotopic (exact) mass is 1260 g/mol. The molecule has 24 heteroatoms. The van der Waals surface area contributed by atoms with Gasteiger partial charge in [-0.2, -0.15) is 0 Å². The second-order valence-corrected chi connectivity index (χ2v) is 26.0. The van der Waals surface area contributed by atoms with Crippen LogP contribution < -0.4 is 21.3 Å². The van der Waals surface area contributed by atoms with Crippen LogP contribution in [0.2, 0.25) is 0 Å². The number of hydrogen-bond acceptors (Lipinski definition) is 13. The minimum atomic E-state index is -1.68. The van der Waals surface area contributed by atoms with Gasteiger partial charge in [0.15, 0.2) is 0 Å². The SMILES string of the molecule is C=CCO[C@H](C)C1C(=O)N[C@@H](C(C)C)C(=O)N(C)[C@@H](CC(C)C)C(=O)N[C@@H](C)C(=O)N[C@H](C)C(=O)N(C)[C@@H](CC(C)C)C(=O)N(C)[C@@H](CC(C)C)C(=O)N(C)[C@@H](C(C)C)C(=O)N(C)[C@@H]([C@H](O)[C@H](C)/C=C/C)C(=O)N[C@@H](CC)C(=O)N(CC=C)[C@H](C)C(=O)N1C. The van der Waals surface area contributed by atoms with E-state index in [9.17, 15) is 48.3 Å². The number of nitrogens with zero attached hydrogens (tertiary/aromatic N) is 7. The van der Waals surface area contributed by atoms with Gasteiger partial charge in [0.2, 0.25) is 65.0 Å². The maximum Gasteiger partial charge on any atom is 0.246 e. The lowest BCUT2D eigenvalue weighted by Crippen LogP contribution is -2.64. The zero-order valence-corrected chi connectivity index (χ0v) is 57.9. The number of hydrogen-bond donors (Lipinski definition) is 5. The number of nitrogens with one attached hydrogen (secondary N) is 4. The summed E-state index contributed by atoms with van der Waals surface area (Å²) in [7, 11) is 8.39. The molecule has 506 valence electrons. The molecule has 1 aliphatic heterocycles. The topological polar surface area (TPSA) is 288 Å². The van der Waals surface area contributed by atoms with Crippen molar-refractivity contribution in [2.45, 2.75) is 222 Å². The van der Waals surface area contributed by atoms with E-state index in [1.807, 2.05) is 41.5 Å². The van der Waals surface area contributed by atoms with Crippen LogP contribution in [-0.4, -0.2) is 238 Å². The minimum Gasteiger partial charge on any atom is -0.390 e. The van der Waals surface area contributed by atoms with Gasteiger partial charge >= 0.3 is 0 Å². The van der Waals surface area contributed by atoms with E-state index in [0.717, 1.165) is 9.80 Å². The molecule has 0 aromatic rings. The van der Waals surface area contributed by atoms with Gasteiger partial charge in [-0.1, -0.05) is 107 Å². The molecule has 0 aromatic carbocycles. The first-order chi connectivity index (χ1) is 41.2. The summed E-state index contributed by atoms with van der Waals surface area (Å²) in [6.07, 6.45) is 3.88. The van der Waals surface area contributed by atoms with Gasteiger partial charge in [-0.05, 0) is 89.9 Å². The fraction of sp³-hybridized carbons (Fsp3) is 0.738. The first-order valence-corrected chi connectivity index (χ1v) is 31.5. The summed E-state index contributed by atoms with van der Waals surface area (Å²) in [6.45, 7) is 36.1. The molecular formula is C65H113N11O13. The lowest BCUT2D eigenvalue weighted by atomic mass is 9.93. The van der Waals surface area contributed by atoms with E-state index in [4.69, 9.17) is 4.74 Å². The Hall–Kier alpha value is -6.69. The van der Waals surface area contributed by atoms with Crippen LogP contribution in [0.1, 0.15) is 143 Å². The Balaban J connectivity index is 4.49. The second-order valence-electron chi connectivity index (χ2n) is 26.0. The molecule has 89 heavy (non-hydrogen) atoms. The predicted molar refractivity (Wildman–Crippen MR) is 344 cm³/mol. The molecule has 1 rings (SSSR count). The third kappa shape index (κ3) is 21.8. The molecule has 1 unspecified atom stereocenters. The number of amides is 11. The van der Waals surface area contributed by atoms with E-state index in [1.54, 1.807) is 67.5 Å². The molecule has 24 nitrogen and oxygen atoms in total. The Kier molecular flexibility index (Phi) is 33.2. The first-order valence-electron chi connectivity index (χ1n) is 31.5. The van der Waals surface area contributed by atoms with E-state index < -0.39 is 161 Å². The summed E-state index contributed by atoms with van der Waals surface area (Å²) >= 11 is 0. The first kappa shape index (κ1) is 80.3. The van der Waals surface area contributed by atoms with Crippen LogP contribution in [0.4, 0.5) is 0 Å². The highest BCUT2D eigenvalue weighted by molar-refractivity contribution is 6.00. The van der Waals surface area contributed by atoms with E-state index in [2.05, 4.69) is 34.4 Å². The molecule has 0 bridgehead atoms. The minimum absolute atomic E-state index is 0.0412. The number of carbonyl (C=O) groups is 11. The van der Waals surface area contributed by atoms with Crippen molar-refractivity contribution in [3.8, 4) is 0 Å². The number of ether oxygens (including phenoxy) is 1. The van der Waals surface area contributed by atoms with Crippen molar-refractivity contribution in [2.75, 3.05) is 55.4 Å². The molecule has 1 heterocycles. The lowest BCUT2D eigenvalue weighted by Gasteiger charge is -2.41. The van der Waals surface area contributed by atoms with Gasteiger partial charge in [-0.3, -0.25) is 52.7 Å². The second kappa shape index (κ2) is 36.8. The molecule has 0 spiro atoms. The molecule has 0 aliphatic carbocycles. The number of carbonyl (C=O) groups excluding carboxylic acids is 11. The van der Waals surface area contributed by atoms with Crippen LogP contribution >= 0.6 is 0 Å². The Morgan fingerprint density at radius 3 is 1.40 bits per heavy atom. The zero-order valence-electron chi connectivity index (χ0n) is 57.9. The fourth-order valence-corrected chi connectivity index (χ4v) is 11.2. The summed E-state index contributed by atoms with van der Waals surface area (Å²) in [4.78, 5) is 171. The third-order valence-corrected chi connectivity index (χ3v) is 16.6. The maximum atomic E-state index is 15.2. The highest BCUT2D eigenvalue weighted by Gasteiger charge is 2.46. The standard InChI is InChI=1S/C65H113N11O13/c1-26-30-41(15)54(77)53-58(81)68-46(29-4)61(84)76(31-27-2)44(18)60(83)74(24)52(45(19)89-32-28-3)57(80)69-50(39(11)12)64(87)70(20)47(33-36(5)6)56(79)66-42(16)55(78)67-43(17)59(82)71(21)48(34-37(7)8)62(85)72(22)49(35-38(9)10)63(86)73(23)51(40(13)14)65(88)75(53)25/h26-28,30,36-54,77H,2-3,29,31-35H2,1,4-25H3,(H,66,79)(H,67,78)(H,68,81)(H,69,80)/b30-26+/t41-,42+,43-,44-,45-,46+,47+,48+,49+,50+,51+,52?,53+,54-/m1/s1. The molecule has 1 aliphatic rings.